The van der Waals surface area contributed by atoms with Crippen LogP contribution in [0.15, 0.2) is 0 Å². The second kappa shape index (κ2) is 10.6. The Morgan fingerprint density at radius 2 is 2.00 bits per heavy atom. The maximum atomic E-state index is 5.30. The van der Waals surface area contributed by atoms with Crippen molar-refractivity contribution in [3.8, 4) is 0 Å². The van der Waals surface area contributed by atoms with Crippen LogP contribution in [-0.4, -0.2) is 64.1 Å². The Kier molecular flexibility index (Phi) is 9.44. The second-order valence-corrected chi connectivity index (χ2v) is 5.98. The molecule has 0 saturated heterocycles. The molecule has 1 aliphatic carbocycles. The van der Waals surface area contributed by atoms with Gasteiger partial charge in [0, 0.05) is 32.8 Å². The summed E-state index contributed by atoms with van der Waals surface area (Å²) in [5.74, 6) is 0.842. The van der Waals surface area contributed by atoms with E-state index >= 15 is 0 Å². The lowest BCUT2D eigenvalue weighted by Gasteiger charge is -2.30. The van der Waals surface area contributed by atoms with Crippen molar-refractivity contribution >= 4 is 0 Å². The topological polar surface area (TPSA) is 33.7 Å². The van der Waals surface area contributed by atoms with Crippen LogP contribution in [0.1, 0.15) is 39.5 Å². The highest BCUT2D eigenvalue weighted by atomic mass is 16.5. The van der Waals surface area contributed by atoms with Crippen molar-refractivity contribution < 1.29 is 9.47 Å². The molecule has 4 nitrogen and oxygen atoms in total. The largest absolute Gasteiger partial charge is 0.383 e. The van der Waals surface area contributed by atoms with Gasteiger partial charge in [0.1, 0.15) is 0 Å². The molecule has 0 amide bonds. The van der Waals surface area contributed by atoms with Crippen LogP contribution in [0.4, 0.5) is 0 Å². The third-order valence-corrected chi connectivity index (χ3v) is 4.53. The van der Waals surface area contributed by atoms with E-state index in [0.29, 0.717) is 6.04 Å². The Bertz CT molecular complexity index is 239. The number of nitrogens with zero attached hydrogens (tertiary/aromatic N) is 1. The third-order valence-electron chi connectivity index (χ3n) is 4.53. The van der Waals surface area contributed by atoms with E-state index in [0.717, 1.165) is 44.8 Å². The van der Waals surface area contributed by atoms with Crippen LogP contribution in [-0.2, 0) is 9.47 Å². The lowest BCUT2D eigenvalue weighted by molar-refractivity contribution is 0.0707. The van der Waals surface area contributed by atoms with Gasteiger partial charge in [-0.15, -0.1) is 0 Å². The Balaban J connectivity index is 2.39. The van der Waals surface area contributed by atoms with Gasteiger partial charge in [-0.05, 0) is 45.2 Å². The van der Waals surface area contributed by atoms with Crippen molar-refractivity contribution in [3.05, 3.63) is 0 Å². The van der Waals surface area contributed by atoms with Gasteiger partial charge in [0.25, 0.3) is 0 Å². The lowest BCUT2D eigenvalue weighted by atomic mass is 9.99. The van der Waals surface area contributed by atoms with Crippen LogP contribution in [0.3, 0.4) is 0 Å². The first-order valence-corrected chi connectivity index (χ1v) is 8.18. The molecule has 0 spiro atoms. The fourth-order valence-electron chi connectivity index (χ4n) is 3.35. The van der Waals surface area contributed by atoms with Gasteiger partial charge in [0.05, 0.1) is 13.2 Å². The Labute approximate surface area is 125 Å². The van der Waals surface area contributed by atoms with E-state index in [9.17, 15) is 0 Å². The van der Waals surface area contributed by atoms with Crippen molar-refractivity contribution in [2.75, 3.05) is 47.1 Å². The smallest absolute Gasteiger partial charge is 0.0615 e. The number of methoxy groups -OCH3 is 2. The van der Waals surface area contributed by atoms with E-state index in [1.165, 1.54) is 25.7 Å². The van der Waals surface area contributed by atoms with E-state index in [1.807, 2.05) is 0 Å². The molecular formula is C16H34N2O2. The molecule has 0 radical (unpaired) electrons. The van der Waals surface area contributed by atoms with E-state index in [4.69, 9.17) is 9.47 Å². The summed E-state index contributed by atoms with van der Waals surface area (Å²) in [5.41, 5.74) is 0. The van der Waals surface area contributed by atoms with Gasteiger partial charge >= 0.3 is 0 Å². The highest BCUT2D eigenvalue weighted by Crippen LogP contribution is 2.28. The number of ether oxygens (including phenoxy) is 2. The maximum absolute atomic E-state index is 5.30. The van der Waals surface area contributed by atoms with Crippen molar-refractivity contribution in [1.29, 1.82) is 0 Å². The monoisotopic (exact) mass is 286 g/mol. The van der Waals surface area contributed by atoms with Gasteiger partial charge in [-0.25, -0.2) is 0 Å². The number of hydrogen-bond acceptors (Lipinski definition) is 4. The SMILES string of the molecule is CCNC1CCCC1CCN(CCOC)C(C)COC. The van der Waals surface area contributed by atoms with Crippen LogP contribution < -0.4 is 5.32 Å². The summed E-state index contributed by atoms with van der Waals surface area (Å²) in [6.07, 6.45) is 5.40. The van der Waals surface area contributed by atoms with E-state index in [2.05, 4.69) is 24.1 Å². The summed E-state index contributed by atoms with van der Waals surface area (Å²) in [5, 5.41) is 3.65. The first-order valence-electron chi connectivity index (χ1n) is 8.18. The van der Waals surface area contributed by atoms with Crippen molar-refractivity contribution in [2.24, 2.45) is 5.92 Å². The highest BCUT2D eigenvalue weighted by Gasteiger charge is 2.27. The molecular weight excluding hydrogens is 252 g/mol. The maximum Gasteiger partial charge on any atom is 0.0615 e. The zero-order valence-electron chi connectivity index (χ0n) is 13.9. The molecule has 3 unspecified atom stereocenters. The molecule has 4 heteroatoms. The van der Waals surface area contributed by atoms with Gasteiger partial charge in [0.2, 0.25) is 0 Å². The average Bonchev–Trinajstić information content (AvgIpc) is 2.87. The minimum Gasteiger partial charge on any atom is -0.383 e. The summed E-state index contributed by atoms with van der Waals surface area (Å²) in [7, 11) is 3.56. The second-order valence-electron chi connectivity index (χ2n) is 5.98. The van der Waals surface area contributed by atoms with Crippen LogP contribution in [0.2, 0.25) is 0 Å². The summed E-state index contributed by atoms with van der Waals surface area (Å²) >= 11 is 0. The molecule has 0 heterocycles. The molecule has 1 saturated carbocycles. The first kappa shape index (κ1) is 17.9. The predicted octanol–water partition coefficient (Wildman–Crippen LogP) is 2.14. The molecule has 0 bridgehead atoms. The molecule has 3 atom stereocenters. The van der Waals surface area contributed by atoms with Crippen molar-refractivity contribution in [1.82, 2.24) is 10.2 Å². The van der Waals surface area contributed by atoms with E-state index < -0.39 is 0 Å². The Morgan fingerprint density at radius 3 is 2.65 bits per heavy atom. The molecule has 1 fully saturated rings. The standard InChI is InChI=1S/C16H34N2O2/c1-5-17-16-8-6-7-15(16)9-10-18(11-12-19-3)14(2)13-20-4/h14-17H,5-13H2,1-4H3. The van der Waals surface area contributed by atoms with Crippen molar-refractivity contribution in [2.45, 2.75) is 51.6 Å². The molecule has 0 aromatic rings. The summed E-state index contributed by atoms with van der Waals surface area (Å²) in [6.45, 7) is 9.30. The minimum atomic E-state index is 0.467. The normalized spacial score (nSPS) is 24.4. The lowest BCUT2D eigenvalue weighted by Crippen LogP contribution is -2.41. The fraction of sp³-hybridized carbons (Fsp3) is 1.00. The van der Waals surface area contributed by atoms with Crippen LogP contribution in [0, 0.1) is 5.92 Å². The quantitative estimate of drug-likeness (QED) is 0.631. The zero-order valence-corrected chi connectivity index (χ0v) is 13.9. The van der Waals surface area contributed by atoms with Gasteiger partial charge in [-0.2, -0.15) is 0 Å². The Morgan fingerprint density at radius 1 is 1.20 bits per heavy atom. The first-order chi connectivity index (χ1) is 9.72. The number of rotatable bonds is 11. The van der Waals surface area contributed by atoms with Crippen LogP contribution in [0.25, 0.3) is 0 Å². The minimum absolute atomic E-state index is 0.467. The molecule has 1 rings (SSSR count). The summed E-state index contributed by atoms with van der Waals surface area (Å²) < 4.78 is 10.5. The average molecular weight is 286 g/mol. The van der Waals surface area contributed by atoms with Crippen LogP contribution >= 0.6 is 0 Å². The van der Waals surface area contributed by atoms with Crippen molar-refractivity contribution in [3.63, 3.8) is 0 Å². The van der Waals surface area contributed by atoms with Gasteiger partial charge in [0.15, 0.2) is 0 Å². The fourth-order valence-corrected chi connectivity index (χ4v) is 3.35. The predicted molar refractivity (Wildman–Crippen MR) is 84.2 cm³/mol. The highest BCUT2D eigenvalue weighted by molar-refractivity contribution is 4.84. The number of nitrogens with one attached hydrogen (secondary N) is 1. The molecule has 120 valence electrons. The summed E-state index contributed by atoms with van der Waals surface area (Å²) in [6, 6.07) is 1.20. The zero-order chi connectivity index (χ0) is 14.8. The molecule has 20 heavy (non-hydrogen) atoms. The third kappa shape index (κ3) is 6.08. The molecule has 0 aliphatic heterocycles. The van der Waals surface area contributed by atoms with E-state index in [-0.39, 0.29) is 0 Å². The van der Waals surface area contributed by atoms with Gasteiger partial charge in [-0.3, -0.25) is 4.90 Å². The van der Waals surface area contributed by atoms with Gasteiger partial charge in [-0.1, -0.05) is 13.3 Å². The number of hydrogen-bond donors (Lipinski definition) is 1. The Hall–Kier alpha value is -0.160. The van der Waals surface area contributed by atoms with Gasteiger partial charge < -0.3 is 14.8 Å². The van der Waals surface area contributed by atoms with Crippen LogP contribution in [0.5, 0.6) is 0 Å². The molecule has 0 aromatic heterocycles. The summed E-state index contributed by atoms with van der Waals surface area (Å²) in [4.78, 5) is 2.51. The molecule has 1 N–H and O–H groups in total. The molecule has 0 aromatic carbocycles. The van der Waals surface area contributed by atoms with E-state index in [1.54, 1.807) is 14.2 Å². The molecule has 1 aliphatic rings.